The Balaban J connectivity index is 1.61. The van der Waals surface area contributed by atoms with Crippen molar-refractivity contribution in [1.82, 2.24) is 10.2 Å². The number of hydrogen-bond acceptors (Lipinski definition) is 15. The summed E-state index contributed by atoms with van der Waals surface area (Å²) in [4.78, 5) is 69.5. The van der Waals surface area contributed by atoms with Crippen LogP contribution in [0.2, 0.25) is 5.02 Å². The fourth-order valence-corrected chi connectivity index (χ4v) is 12.0. The predicted octanol–water partition coefficient (Wildman–Crippen LogP) is 6.08. The Morgan fingerprint density at radius 1 is 1.17 bits per heavy atom. The maximum atomic E-state index is 14.4. The first-order chi connectivity index (χ1) is 30.0. The van der Waals surface area contributed by atoms with E-state index >= 15 is 0 Å². The van der Waals surface area contributed by atoms with Gasteiger partial charge in [0.1, 0.15) is 51.8 Å². The van der Waals surface area contributed by atoms with Crippen LogP contribution in [0.25, 0.3) is 0 Å². The number of likely N-dealkylation sites (N-methyl/N-ethyl adjacent to an activating group) is 1. The lowest BCUT2D eigenvalue weighted by molar-refractivity contribution is -0.162. The van der Waals surface area contributed by atoms with E-state index in [1.807, 2.05) is 26.8 Å². The van der Waals surface area contributed by atoms with Crippen LogP contribution in [-0.4, -0.2) is 138 Å². The van der Waals surface area contributed by atoms with Crippen LogP contribution < -0.4 is 15.0 Å². The summed E-state index contributed by atoms with van der Waals surface area (Å²) in [5.74, 6) is -1.71. The zero-order valence-corrected chi connectivity index (χ0v) is 42.3. The average molecular weight is 991 g/mol. The van der Waals surface area contributed by atoms with Crippen molar-refractivity contribution >= 4 is 78.7 Å². The van der Waals surface area contributed by atoms with Crippen LogP contribution >= 0.6 is 33.2 Å². The Hall–Kier alpha value is -3.37. The number of epoxide rings is 1. The van der Waals surface area contributed by atoms with Crippen molar-refractivity contribution in [2.45, 2.75) is 146 Å². The van der Waals surface area contributed by atoms with E-state index in [1.54, 1.807) is 52.1 Å². The van der Waals surface area contributed by atoms with Crippen LogP contribution in [0, 0.1) is 5.41 Å². The molecule has 4 rings (SSSR count). The van der Waals surface area contributed by atoms with E-state index in [-0.39, 0.29) is 42.4 Å². The largest absolute Gasteiger partial charge is 0.495 e. The molecule has 17 nitrogen and oxygen atoms in total. The number of rotatable bonds is 15. The predicted molar refractivity (Wildman–Crippen MR) is 250 cm³/mol. The number of aliphatic hydroxyl groups is 1. The van der Waals surface area contributed by atoms with E-state index in [2.05, 4.69) is 5.32 Å². The summed E-state index contributed by atoms with van der Waals surface area (Å²) in [6.07, 6.45) is 0.629. The number of hydrogen-bond donors (Lipinski definition) is 3. The van der Waals surface area contributed by atoms with Crippen molar-refractivity contribution in [3.8, 4) is 5.75 Å². The number of esters is 1. The van der Waals surface area contributed by atoms with Crippen LogP contribution in [0.15, 0.2) is 35.9 Å². The number of fused-ring (bicyclic) bond motifs is 5. The van der Waals surface area contributed by atoms with Gasteiger partial charge in [0, 0.05) is 50.0 Å². The number of anilines is 1. The number of carbonyl (C=O) groups excluding carboxylic acids is 5. The van der Waals surface area contributed by atoms with Gasteiger partial charge < -0.3 is 38.6 Å². The van der Waals surface area contributed by atoms with E-state index in [0.29, 0.717) is 24.3 Å². The van der Waals surface area contributed by atoms with Crippen LogP contribution in [0.4, 0.5) is 10.5 Å². The quantitative estimate of drug-likeness (QED) is 0.0595. The molecule has 0 spiro atoms. The van der Waals surface area contributed by atoms with Gasteiger partial charge in [0.2, 0.25) is 11.8 Å². The molecule has 2 fully saturated rings. The summed E-state index contributed by atoms with van der Waals surface area (Å²) in [5.41, 5.74) is -2.25. The van der Waals surface area contributed by atoms with E-state index < -0.39 is 91.1 Å². The van der Waals surface area contributed by atoms with Gasteiger partial charge in [-0.05, 0) is 78.5 Å². The van der Waals surface area contributed by atoms with E-state index in [0.717, 1.165) is 18.1 Å². The Morgan fingerprint density at radius 2 is 1.83 bits per heavy atom. The average Bonchev–Trinajstić information content (AvgIpc) is 3.92. The molecule has 0 aromatic heterocycles. The molecule has 3 aliphatic rings. The second kappa shape index (κ2) is 21.3. The number of methoxy groups -OCH3 is 2. The van der Waals surface area contributed by atoms with Gasteiger partial charge in [-0.1, -0.05) is 70.8 Å². The fourth-order valence-electron chi connectivity index (χ4n) is 8.05. The number of carbonyl (C=O) groups is 5. The van der Waals surface area contributed by atoms with E-state index in [1.165, 1.54) is 59.6 Å². The molecule has 364 valence electrons. The standard InChI is InChI=1S/C44H64ClN3O14S3/c1-25-14-13-15-32(59-12)44(54)24-34(61-40(53)46-44)42(6,7)39-43(8,62-39)33(23-36(51)48(10)29-21-28(20-25)22-30(58-11)37(29)45)60-38(52)26(2)47(9)35(50)16-18-41(4,5)64-63-19-17-31(27(3)49)65(55,56)57/h13-15,21-22,26,31-34,39,54H,16-20,23-24H2,1-12H3,(H,46,53)(H,55,56,57)/b15-13+,25-14+/t26-,31?,32+,33-,34-,39-,43-,44-/m0/s1. The number of halogens is 1. The highest BCUT2D eigenvalue weighted by atomic mass is 35.5. The number of nitrogens with zero attached hydrogens (tertiary/aromatic N) is 2. The summed E-state index contributed by atoms with van der Waals surface area (Å²) >= 11 is 6.81. The van der Waals surface area contributed by atoms with Crippen molar-refractivity contribution in [2.75, 3.05) is 39.0 Å². The lowest BCUT2D eigenvalue weighted by atomic mass is 9.73. The third kappa shape index (κ3) is 13.2. The highest BCUT2D eigenvalue weighted by Gasteiger charge is 2.68. The van der Waals surface area contributed by atoms with Gasteiger partial charge >= 0.3 is 12.1 Å². The minimum atomic E-state index is -4.52. The van der Waals surface area contributed by atoms with Crippen molar-refractivity contribution in [3.63, 3.8) is 0 Å². The Kier molecular flexibility index (Phi) is 17.8. The number of ether oxygens (including phenoxy) is 5. The van der Waals surface area contributed by atoms with Crippen molar-refractivity contribution in [2.24, 2.45) is 5.41 Å². The lowest BCUT2D eigenvalue weighted by Crippen LogP contribution is -2.65. The normalized spacial score (nSPS) is 28.3. The summed E-state index contributed by atoms with van der Waals surface area (Å²) in [6, 6.07) is 2.43. The topological polar surface area (TPSA) is 228 Å². The fraction of sp³-hybridized carbons (Fsp3) is 0.659. The summed E-state index contributed by atoms with van der Waals surface area (Å²) in [6.45, 7) is 13.6. The van der Waals surface area contributed by atoms with Gasteiger partial charge in [-0.3, -0.25) is 24.3 Å². The Labute approximate surface area is 395 Å². The van der Waals surface area contributed by atoms with Gasteiger partial charge in [0.15, 0.2) is 5.72 Å². The van der Waals surface area contributed by atoms with Crippen molar-refractivity contribution < 1.29 is 65.7 Å². The first kappa shape index (κ1) is 54.2. The maximum absolute atomic E-state index is 14.4. The number of nitrogens with one attached hydrogen (secondary N) is 1. The summed E-state index contributed by atoms with van der Waals surface area (Å²) < 4.78 is 61.7. The van der Waals surface area contributed by atoms with Gasteiger partial charge in [-0.2, -0.15) is 8.42 Å². The third-order valence-corrected chi connectivity index (χ3v) is 17.4. The molecular weight excluding hydrogens is 926 g/mol. The molecule has 3 N–H and O–H groups in total. The number of alkyl carbamates (subject to hydrolysis) is 1. The zero-order valence-electron chi connectivity index (χ0n) is 39.1. The zero-order chi connectivity index (χ0) is 49.0. The molecule has 3 heterocycles. The number of ketones is 1. The number of benzene rings is 1. The molecule has 3 aliphatic heterocycles. The SMILES string of the molecule is COc1cc2cc(c1Cl)N(C)C(=O)C[C@H](OC(=O)[C@H](C)N(C)C(=O)CCC(C)(C)SSCCC(C(C)=O)S(=O)(=O)O)[C@]1(C)O[C@H]1C(C)(C)[C@@H]1C[C@@](O)(NC(=O)O1)[C@H](OC)/C=C/C=C(\C)C2. The molecular formula is C44H64ClN3O14S3. The molecule has 8 atom stereocenters. The molecule has 2 saturated heterocycles. The summed E-state index contributed by atoms with van der Waals surface area (Å²) in [7, 11) is 4.10. The minimum Gasteiger partial charge on any atom is -0.495 e. The summed E-state index contributed by atoms with van der Waals surface area (Å²) in [5, 5.41) is 13.1. The molecule has 21 heteroatoms. The van der Waals surface area contributed by atoms with Crippen LogP contribution in [-0.2, 0) is 54.7 Å². The van der Waals surface area contributed by atoms with Gasteiger partial charge in [0.25, 0.3) is 10.1 Å². The molecule has 1 aromatic carbocycles. The van der Waals surface area contributed by atoms with Crippen LogP contribution in [0.3, 0.4) is 0 Å². The minimum absolute atomic E-state index is 0.0409. The molecule has 65 heavy (non-hydrogen) atoms. The highest BCUT2D eigenvalue weighted by molar-refractivity contribution is 8.77. The third-order valence-electron chi connectivity index (χ3n) is 12.4. The molecule has 0 radical (unpaired) electrons. The van der Waals surface area contributed by atoms with Crippen molar-refractivity contribution in [1.29, 1.82) is 0 Å². The smallest absolute Gasteiger partial charge is 0.409 e. The van der Waals surface area contributed by atoms with Gasteiger partial charge in [-0.15, -0.1) is 0 Å². The van der Waals surface area contributed by atoms with Crippen LogP contribution in [0.1, 0.15) is 93.1 Å². The first-order valence-electron chi connectivity index (χ1n) is 21.1. The molecule has 3 amide bonds. The monoisotopic (exact) mass is 989 g/mol. The second-order valence-corrected chi connectivity index (χ2v) is 23.4. The molecule has 1 aromatic rings. The van der Waals surface area contributed by atoms with Crippen LogP contribution in [0.5, 0.6) is 5.75 Å². The molecule has 1 unspecified atom stereocenters. The second-order valence-electron chi connectivity index (χ2n) is 18.3. The number of allylic oxidation sites excluding steroid dienone is 3. The Bertz CT molecular complexity index is 2150. The van der Waals surface area contributed by atoms with Gasteiger partial charge in [-0.25, -0.2) is 9.59 Å². The highest BCUT2D eigenvalue weighted by Crippen LogP contribution is 2.54. The van der Waals surface area contributed by atoms with E-state index in [9.17, 15) is 42.0 Å². The number of Topliss-reactive ketones (excluding diaryl/α,β-unsaturated/α-hetero) is 1. The number of amides is 3. The lowest BCUT2D eigenvalue weighted by Gasteiger charge is -2.45. The molecule has 0 aliphatic carbocycles. The first-order valence-corrected chi connectivity index (χ1v) is 25.3. The van der Waals surface area contributed by atoms with Gasteiger partial charge in [0.05, 0.1) is 25.3 Å². The van der Waals surface area contributed by atoms with E-state index in [4.69, 9.17) is 35.3 Å². The van der Waals surface area contributed by atoms with Crippen molar-refractivity contribution in [3.05, 3.63) is 46.5 Å². The molecule has 4 bridgehead atoms. The maximum Gasteiger partial charge on any atom is 0.409 e. The Morgan fingerprint density at radius 3 is 2.43 bits per heavy atom. The molecule has 0 saturated carbocycles.